The maximum Gasteiger partial charge on any atom is 0.255 e. The zero-order valence-electron chi connectivity index (χ0n) is 15.6. The summed E-state index contributed by atoms with van der Waals surface area (Å²) in [6.07, 6.45) is 0. The Morgan fingerprint density at radius 1 is 1.14 bits per heavy atom. The first-order chi connectivity index (χ1) is 13.4. The van der Waals surface area contributed by atoms with Crippen LogP contribution in [0.15, 0.2) is 58.2 Å². The average molecular weight is 462 g/mol. The molecular weight excluding hydrogens is 442 g/mol. The van der Waals surface area contributed by atoms with Gasteiger partial charge in [0.1, 0.15) is 11.5 Å². The first-order valence-corrected chi connectivity index (χ1v) is 9.70. The molecule has 0 saturated heterocycles. The Morgan fingerprint density at radius 3 is 2.46 bits per heavy atom. The number of methoxy groups -OCH3 is 2. The number of amides is 1. The second-order valence-corrected chi connectivity index (χ2v) is 7.38. The molecule has 0 aliphatic carbocycles. The Balaban J connectivity index is 2.05. The normalized spacial score (nSPS) is 16.1. The standard InChI is InChI=1S/C20H20BrN3O3S/c1-11-17(19(25)23-12-7-5-4-6-8-12)18(24-20(28)22-11)13-9-14(21)16(27-3)10-15(13)26-2/h4-10,18H,1-3H3,(H,23,25)(H2,22,24,28)/t18-/m1/s1. The number of carbonyl (C=O) groups is 1. The van der Waals surface area contributed by atoms with Gasteiger partial charge in [0.2, 0.25) is 0 Å². The number of carbonyl (C=O) groups excluding carboxylic acids is 1. The predicted molar refractivity (Wildman–Crippen MR) is 117 cm³/mol. The third-order valence-corrected chi connectivity index (χ3v) is 5.20. The van der Waals surface area contributed by atoms with Gasteiger partial charge in [0.25, 0.3) is 5.91 Å². The van der Waals surface area contributed by atoms with Crippen LogP contribution in [0.4, 0.5) is 5.69 Å². The first-order valence-electron chi connectivity index (χ1n) is 8.50. The van der Waals surface area contributed by atoms with Crippen LogP contribution in [0.3, 0.4) is 0 Å². The third kappa shape index (κ3) is 4.13. The Kier molecular flexibility index (Phi) is 6.21. The highest BCUT2D eigenvalue weighted by Gasteiger charge is 2.32. The van der Waals surface area contributed by atoms with Gasteiger partial charge in [0.15, 0.2) is 5.11 Å². The topological polar surface area (TPSA) is 71.6 Å². The van der Waals surface area contributed by atoms with E-state index >= 15 is 0 Å². The molecule has 0 aromatic heterocycles. The Labute approximate surface area is 177 Å². The van der Waals surface area contributed by atoms with Crippen LogP contribution in [-0.2, 0) is 4.79 Å². The molecule has 0 spiro atoms. The number of nitrogens with one attached hydrogen (secondary N) is 3. The summed E-state index contributed by atoms with van der Waals surface area (Å²) in [4.78, 5) is 13.1. The number of rotatable bonds is 5. The minimum Gasteiger partial charge on any atom is -0.496 e. The zero-order valence-corrected chi connectivity index (χ0v) is 18.0. The van der Waals surface area contributed by atoms with Gasteiger partial charge < -0.3 is 25.4 Å². The van der Waals surface area contributed by atoms with Gasteiger partial charge >= 0.3 is 0 Å². The van der Waals surface area contributed by atoms with Crippen LogP contribution in [0.1, 0.15) is 18.5 Å². The fraction of sp³-hybridized carbons (Fsp3) is 0.200. The Morgan fingerprint density at radius 2 is 1.82 bits per heavy atom. The van der Waals surface area contributed by atoms with Crippen LogP contribution in [0, 0.1) is 0 Å². The molecule has 3 rings (SSSR count). The monoisotopic (exact) mass is 461 g/mol. The van der Waals surface area contributed by atoms with E-state index in [0.717, 1.165) is 10.0 Å². The Bertz CT molecular complexity index is 947. The van der Waals surface area contributed by atoms with E-state index in [-0.39, 0.29) is 5.91 Å². The summed E-state index contributed by atoms with van der Waals surface area (Å²) in [5, 5.41) is 9.58. The number of benzene rings is 2. The van der Waals surface area contributed by atoms with Crippen molar-refractivity contribution in [3.63, 3.8) is 0 Å². The number of thiocarbonyl (C=S) groups is 1. The molecule has 1 aliphatic rings. The average Bonchev–Trinajstić information content (AvgIpc) is 2.67. The van der Waals surface area contributed by atoms with E-state index in [1.165, 1.54) is 0 Å². The molecule has 0 unspecified atom stereocenters. The quantitative estimate of drug-likeness (QED) is 0.586. The molecule has 8 heteroatoms. The number of hydrogen-bond acceptors (Lipinski definition) is 4. The largest absolute Gasteiger partial charge is 0.496 e. The molecular formula is C20H20BrN3O3S. The van der Waals surface area contributed by atoms with Crippen molar-refractivity contribution in [2.45, 2.75) is 13.0 Å². The number of ether oxygens (including phenoxy) is 2. The maximum absolute atomic E-state index is 13.1. The van der Waals surface area contributed by atoms with E-state index in [2.05, 4.69) is 31.9 Å². The molecule has 0 fully saturated rings. The van der Waals surface area contributed by atoms with Crippen LogP contribution in [0.5, 0.6) is 11.5 Å². The van der Waals surface area contributed by atoms with Crippen molar-refractivity contribution in [1.82, 2.24) is 10.6 Å². The Hall–Kier alpha value is -2.58. The van der Waals surface area contributed by atoms with E-state index < -0.39 is 6.04 Å². The van der Waals surface area contributed by atoms with Crippen molar-refractivity contribution < 1.29 is 14.3 Å². The lowest BCUT2D eigenvalue weighted by molar-refractivity contribution is -0.113. The third-order valence-electron chi connectivity index (χ3n) is 4.36. The SMILES string of the molecule is COc1cc(OC)c([C@H]2NC(=S)NC(C)=C2C(=O)Nc2ccccc2)cc1Br. The summed E-state index contributed by atoms with van der Waals surface area (Å²) in [6.45, 7) is 1.82. The summed E-state index contributed by atoms with van der Waals surface area (Å²) in [5.74, 6) is 0.985. The maximum atomic E-state index is 13.1. The first kappa shape index (κ1) is 20.2. The molecule has 28 heavy (non-hydrogen) atoms. The highest BCUT2D eigenvalue weighted by Crippen LogP contribution is 2.39. The number of halogens is 1. The van der Waals surface area contributed by atoms with Crippen molar-refractivity contribution in [1.29, 1.82) is 0 Å². The minimum absolute atomic E-state index is 0.231. The molecule has 1 amide bonds. The second-order valence-electron chi connectivity index (χ2n) is 6.12. The predicted octanol–water partition coefficient (Wildman–Crippen LogP) is 3.90. The molecule has 0 saturated carbocycles. The number of para-hydroxylation sites is 1. The molecule has 3 N–H and O–H groups in total. The van der Waals surface area contributed by atoms with Gasteiger partial charge in [0, 0.05) is 23.0 Å². The lowest BCUT2D eigenvalue weighted by Gasteiger charge is -2.31. The molecule has 0 radical (unpaired) electrons. The van der Waals surface area contributed by atoms with E-state index in [1.807, 2.05) is 43.3 Å². The summed E-state index contributed by atoms with van der Waals surface area (Å²) in [6, 6.07) is 12.4. The van der Waals surface area contributed by atoms with Crippen molar-refractivity contribution in [3.05, 3.63) is 63.8 Å². The van der Waals surface area contributed by atoms with Gasteiger partial charge in [-0.25, -0.2) is 0 Å². The fourth-order valence-electron chi connectivity index (χ4n) is 3.06. The number of hydrogen-bond donors (Lipinski definition) is 3. The smallest absolute Gasteiger partial charge is 0.255 e. The molecule has 1 aliphatic heterocycles. The number of allylic oxidation sites excluding steroid dienone is 1. The molecule has 2 aromatic rings. The molecule has 1 atom stereocenters. The van der Waals surface area contributed by atoms with Gasteiger partial charge in [-0.1, -0.05) is 18.2 Å². The van der Waals surface area contributed by atoms with Crippen molar-refractivity contribution in [2.24, 2.45) is 0 Å². The summed E-state index contributed by atoms with van der Waals surface area (Å²) < 4.78 is 11.7. The molecule has 2 aromatic carbocycles. The summed E-state index contributed by atoms with van der Waals surface area (Å²) in [7, 11) is 3.16. The second kappa shape index (κ2) is 8.62. The van der Waals surface area contributed by atoms with Crippen molar-refractivity contribution >= 4 is 44.9 Å². The van der Waals surface area contributed by atoms with Gasteiger partial charge in [-0.15, -0.1) is 0 Å². The molecule has 146 valence electrons. The van der Waals surface area contributed by atoms with Crippen LogP contribution in [-0.4, -0.2) is 25.2 Å². The summed E-state index contributed by atoms with van der Waals surface area (Å²) >= 11 is 8.83. The van der Waals surface area contributed by atoms with Crippen LogP contribution < -0.4 is 25.4 Å². The fourth-order valence-corrected chi connectivity index (χ4v) is 3.85. The molecule has 6 nitrogen and oxygen atoms in total. The van der Waals surface area contributed by atoms with E-state index in [9.17, 15) is 4.79 Å². The van der Waals surface area contributed by atoms with Gasteiger partial charge in [-0.3, -0.25) is 4.79 Å². The van der Waals surface area contributed by atoms with Crippen LogP contribution in [0.25, 0.3) is 0 Å². The van der Waals surface area contributed by atoms with E-state index in [1.54, 1.807) is 20.3 Å². The molecule has 1 heterocycles. The van der Waals surface area contributed by atoms with Gasteiger partial charge in [-0.2, -0.15) is 0 Å². The highest BCUT2D eigenvalue weighted by molar-refractivity contribution is 9.10. The molecule has 0 bridgehead atoms. The van der Waals surface area contributed by atoms with E-state index in [0.29, 0.717) is 33.6 Å². The van der Waals surface area contributed by atoms with Crippen molar-refractivity contribution in [3.8, 4) is 11.5 Å². The van der Waals surface area contributed by atoms with Crippen LogP contribution in [0.2, 0.25) is 0 Å². The summed E-state index contributed by atoms with van der Waals surface area (Å²) in [5.41, 5.74) is 2.67. The van der Waals surface area contributed by atoms with Crippen molar-refractivity contribution in [2.75, 3.05) is 19.5 Å². The zero-order chi connectivity index (χ0) is 20.3. The highest BCUT2D eigenvalue weighted by atomic mass is 79.9. The van der Waals surface area contributed by atoms with Gasteiger partial charge in [-0.05, 0) is 53.3 Å². The van der Waals surface area contributed by atoms with Gasteiger partial charge in [0.05, 0.1) is 30.3 Å². The van der Waals surface area contributed by atoms with Crippen LogP contribution >= 0.6 is 28.1 Å². The lowest BCUT2D eigenvalue weighted by Crippen LogP contribution is -2.45. The number of anilines is 1. The minimum atomic E-state index is -0.491. The lowest BCUT2D eigenvalue weighted by atomic mass is 9.94. The van der Waals surface area contributed by atoms with E-state index in [4.69, 9.17) is 21.7 Å².